The summed E-state index contributed by atoms with van der Waals surface area (Å²) in [7, 11) is 0. The molecule has 4 heterocycles. The van der Waals surface area contributed by atoms with E-state index in [1.807, 2.05) is 48.7 Å². The number of pyridine rings is 1. The molecule has 0 bridgehead atoms. The van der Waals surface area contributed by atoms with Crippen molar-refractivity contribution in [3.8, 4) is 22.7 Å². The molecule has 0 radical (unpaired) electrons. The average Bonchev–Trinajstić information content (AvgIpc) is 3.60. The Hall–Kier alpha value is -5.71. The Bertz CT molecular complexity index is 2440. The molecule has 2 aliphatic heterocycles. The number of hydrogen-bond donors (Lipinski definition) is 0. The number of fused-ring (bicyclic) bond motifs is 5. The third-order valence-corrected chi connectivity index (χ3v) is 9.29. The van der Waals surface area contributed by atoms with E-state index in [9.17, 15) is 0 Å². The van der Waals surface area contributed by atoms with Gasteiger partial charge in [-0.25, -0.2) is 0 Å². The van der Waals surface area contributed by atoms with Gasteiger partial charge < -0.3 is 19.2 Å². The van der Waals surface area contributed by atoms with Gasteiger partial charge in [0.15, 0.2) is 0 Å². The van der Waals surface area contributed by atoms with E-state index in [0.29, 0.717) is 5.89 Å². The van der Waals surface area contributed by atoms with E-state index in [2.05, 4.69) is 125 Å². The number of oxazole rings is 1. The summed E-state index contributed by atoms with van der Waals surface area (Å²) in [5.41, 5.74) is 14.1. The molecule has 0 fully saturated rings. The van der Waals surface area contributed by atoms with Crippen molar-refractivity contribution in [1.82, 2.24) is 9.97 Å². The Labute approximate surface area is 298 Å². The molecule has 2 aromatic heterocycles. The molecule has 0 amide bonds. The average molecular weight is 808 g/mol. The van der Waals surface area contributed by atoms with Gasteiger partial charge in [0.25, 0.3) is 0 Å². The maximum absolute atomic E-state index is 6.27. The van der Waals surface area contributed by atoms with Crippen LogP contribution in [-0.2, 0) is 21.1 Å². The van der Waals surface area contributed by atoms with E-state index < -0.39 is 0 Å². The second-order valence-corrected chi connectivity index (χ2v) is 12.0. The number of anilines is 6. The van der Waals surface area contributed by atoms with Gasteiger partial charge in [0.2, 0.25) is 6.71 Å². The molecule has 8 aromatic rings. The summed E-state index contributed by atoms with van der Waals surface area (Å²) < 4.78 is 6.27. The van der Waals surface area contributed by atoms with Crippen molar-refractivity contribution >= 4 is 68.3 Å². The van der Waals surface area contributed by atoms with Gasteiger partial charge in [0.1, 0.15) is 11.5 Å². The van der Waals surface area contributed by atoms with Crippen LogP contribution >= 0.6 is 0 Å². The number of hydrogen-bond acceptors (Lipinski definition) is 5. The Kier molecular flexibility index (Phi) is 7.07. The third kappa shape index (κ3) is 4.67. The standard InChI is InChI=1S/C42H25BN4O.Pt/c1-3-12-30(13-4-1)46-36-23-21-28(34-16-9-10-25-44-34)26-32(36)43-33-27-29(42-45-35-17-7-8-20-40(35)48-42)22-24-37(33)47(31-14-5-2-6-15-31)39-19-11-18-38(46)41(39)43;/h1-25H;/q-2;+2. The first-order valence-corrected chi connectivity index (χ1v) is 16.0. The number of aromatic nitrogens is 2. The van der Waals surface area contributed by atoms with E-state index in [4.69, 9.17) is 14.4 Å². The fraction of sp³-hybridized carbons (Fsp3) is 0. The van der Waals surface area contributed by atoms with Gasteiger partial charge in [0, 0.05) is 28.9 Å². The summed E-state index contributed by atoms with van der Waals surface area (Å²) in [6, 6.07) is 58.0. The van der Waals surface area contributed by atoms with Crippen LogP contribution in [0, 0.1) is 12.1 Å². The van der Waals surface area contributed by atoms with E-state index in [1.165, 1.54) is 5.46 Å². The number of benzene rings is 6. The van der Waals surface area contributed by atoms with Gasteiger partial charge in [0.05, 0.1) is 5.52 Å². The van der Waals surface area contributed by atoms with Crippen LogP contribution in [0.5, 0.6) is 0 Å². The molecular weight excluding hydrogens is 782 g/mol. The molecule has 0 saturated heterocycles. The van der Waals surface area contributed by atoms with Crippen LogP contribution in [0.2, 0.25) is 0 Å². The van der Waals surface area contributed by atoms with Crippen LogP contribution in [0.3, 0.4) is 0 Å². The Morgan fingerprint density at radius 2 is 1.12 bits per heavy atom. The summed E-state index contributed by atoms with van der Waals surface area (Å²) in [4.78, 5) is 14.3. The van der Waals surface area contributed by atoms with Gasteiger partial charge in [-0.05, 0) is 77.1 Å². The summed E-state index contributed by atoms with van der Waals surface area (Å²) in [6.07, 6.45) is 1.83. The third-order valence-electron chi connectivity index (χ3n) is 9.29. The number of nitrogens with zero attached hydrogens (tertiary/aromatic N) is 4. The topological polar surface area (TPSA) is 45.4 Å². The van der Waals surface area contributed by atoms with E-state index >= 15 is 0 Å². The molecule has 0 N–H and O–H groups in total. The zero-order valence-corrected chi connectivity index (χ0v) is 28.3. The van der Waals surface area contributed by atoms with Crippen LogP contribution in [-0.4, -0.2) is 16.7 Å². The normalized spacial score (nSPS) is 12.6. The monoisotopic (exact) mass is 807 g/mol. The molecule has 0 saturated carbocycles. The quantitative estimate of drug-likeness (QED) is 0.133. The molecule has 2 aliphatic rings. The second kappa shape index (κ2) is 11.8. The van der Waals surface area contributed by atoms with Crippen molar-refractivity contribution in [2.45, 2.75) is 0 Å². The Morgan fingerprint density at radius 1 is 0.531 bits per heavy atom. The Morgan fingerprint density at radius 3 is 1.76 bits per heavy atom. The molecular formula is C42H25BN4OPt. The van der Waals surface area contributed by atoms with Gasteiger partial charge >= 0.3 is 21.1 Å². The Balaban J connectivity index is 0.00000325. The predicted molar refractivity (Wildman–Crippen MR) is 194 cm³/mol. The zero-order valence-electron chi connectivity index (χ0n) is 26.0. The molecule has 0 atom stereocenters. The molecule has 0 unspecified atom stereocenters. The van der Waals surface area contributed by atoms with Crippen molar-refractivity contribution in [3.05, 3.63) is 164 Å². The molecule has 232 valence electrons. The summed E-state index contributed by atoms with van der Waals surface area (Å²) in [6.45, 7) is -0.158. The first-order chi connectivity index (χ1) is 23.8. The van der Waals surface area contributed by atoms with Crippen molar-refractivity contribution in [3.63, 3.8) is 0 Å². The van der Waals surface area contributed by atoms with Gasteiger partial charge in [-0.2, -0.15) is 0 Å². The van der Waals surface area contributed by atoms with Crippen molar-refractivity contribution in [2.75, 3.05) is 9.80 Å². The number of para-hydroxylation sites is 4. The van der Waals surface area contributed by atoms with Gasteiger partial charge in [-0.3, -0.25) is 4.98 Å². The van der Waals surface area contributed by atoms with Crippen LogP contribution < -0.4 is 26.2 Å². The fourth-order valence-electron chi connectivity index (χ4n) is 7.25. The molecule has 10 rings (SSSR count). The van der Waals surface area contributed by atoms with Crippen LogP contribution in [0.15, 0.2) is 156 Å². The summed E-state index contributed by atoms with van der Waals surface area (Å²) >= 11 is 0. The first kappa shape index (κ1) is 29.4. The maximum Gasteiger partial charge on any atom is 2.00 e. The second-order valence-electron chi connectivity index (χ2n) is 12.0. The smallest absolute Gasteiger partial charge is 0.481 e. The minimum absolute atomic E-state index is 0. The largest absolute Gasteiger partial charge is 2.00 e. The van der Waals surface area contributed by atoms with Gasteiger partial charge in [-0.1, -0.05) is 72.3 Å². The SMILES string of the molecule is [Pt+2].[c-]1c(-c2ccccn2)ccc2c1B1c3[c-]c(-c4nc5ccccc5o4)ccc3N(c3ccccc3)c3cccc(c31)N2c1ccccc1. The van der Waals surface area contributed by atoms with E-state index in [-0.39, 0.29) is 27.8 Å². The molecule has 49 heavy (non-hydrogen) atoms. The van der Waals surface area contributed by atoms with Crippen molar-refractivity contribution < 1.29 is 25.5 Å². The van der Waals surface area contributed by atoms with Crippen LogP contribution in [0.1, 0.15) is 0 Å². The van der Waals surface area contributed by atoms with Crippen LogP contribution in [0.25, 0.3) is 33.8 Å². The predicted octanol–water partition coefficient (Wildman–Crippen LogP) is 8.24. The van der Waals surface area contributed by atoms with Gasteiger partial charge in [-0.15, -0.1) is 52.9 Å². The fourth-order valence-corrected chi connectivity index (χ4v) is 7.25. The van der Waals surface area contributed by atoms with Crippen molar-refractivity contribution in [2.24, 2.45) is 0 Å². The minimum atomic E-state index is -0.158. The summed E-state index contributed by atoms with van der Waals surface area (Å²) in [5.74, 6) is 0.553. The van der Waals surface area contributed by atoms with E-state index in [1.54, 1.807) is 0 Å². The molecule has 6 aromatic carbocycles. The molecule has 7 heteroatoms. The minimum Gasteiger partial charge on any atom is -0.481 e. The number of rotatable bonds is 4. The van der Waals surface area contributed by atoms with Crippen molar-refractivity contribution in [1.29, 1.82) is 0 Å². The molecule has 5 nitrogen and oxygen atoms in total. The first-order valence-electron chi connectivity index (χ1n) is 16.0. The maximum atomic E-state index is 6.27. The van der Waals surface area contributed by atoms with E-state index in [0.717, 1.165) is 73.0 Å². The summed E-state index contributed by atoms with van der Waals surface area (Å²) in [5, 5.41) is 0. The molecule has 0 aliphatic carbocycles. The van der Waals surface area contributed by atoms with Crippen LogP contribution in [0.4, 0.5) is 34.1 Å². The molecule has 0 spiro atoms. The zero-order chi connectivity index (χ0) is 31.6.